The Kier molecular flexibility index (Phi) is 3.15. The highest BCUT2D eigenvalue weighted by molar-refractivity contribution is 6.77. The van der Waals surface area contributed by atoms with Gasteiger partial charge < -0.3 is 4.74 Å². The van der Waals surface area contributed by atoms with Crippen molar-refractivity contribution >= 4 is 13.1 Å². The fraction of sp³-hybridized carbons (Fsp3) is 0.667. The summed E-state index contributed by atoms with van der Waals surface area (Å²) in [6, 6.07) is 0. The maximum absolute atomic E-state index is 11.1. The van der Waals surface area contributed by atoms with Gasteiger partial charge in [-0.2, -0.15) is 0 Å². The fourth-order valence-corrected chi connectivity index (χ4v) is 0.205. The molecule has 0 unspecified atom stereocenters. The first-order valence-corrected chi connectivity index (χ1v) is 2.13. The molecule has 0 aromatic heterocycles. The van der Waals surface area contributed by atoms with Crippen LogP contribution in [0.1, 0.15) is 6.92 Å². The Hall–Kier alpha value is -0.605. The summed E-state index contributed by atoms with van der Waals surface area (Å²) in [6.45, 7) is 1.48. The first-order chi connectivity index (χ1) is 3.68. The van der Waals surface area contributed by atoms with Crippen molar-refractivity contribution < 1.29 is 18.2 Å². The second kappa shape index (κ2) is 3.40. The third-order valence-electron chi connectivity index (χ3n) is 0.465. The van der Waals surface area contributed by atoms with Crippen LogP contribution in [-0.4, -0.2) is 19.7 Å². The average Bonchev–Trinajstić information content (AvgIpc) is 1.67. The van der Waals surface area contributed by atoms with E-state index in [1.165, 1.54) is 6.92 Å². The molecule has 0 saturated carbocycles. The van der Waals surface area contributed by atoms with Crippen LogP contribution in [0, 0.1) is 0 Å². The second-order valence-electron chi connectivity index (χ2n) is 1.05. The maximum Gasteiger partial charge on any atom is 0.658 e. The van der Waals surface area contributed by atoms with Crippen molar-refractivity contribution in [3.05, 3.63) is 0 Å². The van der Waals surface area contributed by atoms with Crippen LogP contribution in [0.5, 0.6) is 0 Å². The van der Waals surface area contributed by atoms with Gasteiger partial charge in [-0.05, 0) is 6.92 Å². The van der Waals surface area contributed by atoms with Crippen molar-refractivity contribution in [2.24, 2.45) is 0 Å². The Morgan fingerprint density at radius 1 is 1.75 bits per heavy atom. The first kappa shape index (κ1) is 7.39. The highest BCUT2D eigenvalue weighted by Crippen LogP contribution is 1.91. The minimum atomic E-state index is -2.99. The first-order valence-electron chi connectivity index (χ1n) is 2.13. The molecule has 0 saturated heterocycles. The molecule has 2 nitrogen and oxygen atoms in total. The number of carbonyl (C=O) groups excluding carboxylic acids is 1. The molecule has 0 N–H and O–H groups in total. The van der Waals surface area contributed by atoms with E-state index in [0.717, 1.165) is 0 Å². The zero-order chi connectivity index (χ0) is 6.57. The molecule has 46 valence electrons. The molecular formula is C3H5BF2O2. The number of hydrogen-bond acceptors (Lipinski definition) is 2. The number of carbonyl (C=O) groups is 1. The lowest BCUT2D eigenvalue weighted by Crippen LogP contribution is -2.16. The normalized spacial score (nSPS) is 8.38. The van der Waals surface area contributed by atoms with Gasteiger partial charge in [0.05, 0.1) is 6.61 Å². The van der Waals surface area contributed by atoms with E-state index in [-0.39, 0.29) is 6.61 Å². The third kappa shape index (κ3) is 2.55. The zero-order valence-corrected chi connectivity index (χ0v) is 4.36. The molecule has 0 heterocycles. The largest absolute Gasteiger partial charge is 0.658 e. The topological polar surface area (TPSA) is 26.3 Å². The van der Waals surface area contributed by atoms with Gasteiger partial charge in [-0.3, -0.25) is 13.4 Å². The van der Waals surface area contributed by atoms with Gasteiger partial charge in [-0.25, -0.2) is 0 Å². The summed E-state index contributed by atoms with van der Waals surface area (Å²) in [4.78, 5) is 9.77. The molecule has 0 fully saturated rings. The van der Waals surface area contributed by atoms with Crippen molar-refractivity contribution in [1.82, 2.24) is 0 Å². The van der Waals surface area contributed by atoms with Gasteiger partial charge in [0.2, 0.25) is 0 Å². The van der Waals surface area contributed by atoms with E-state index < -0.39 is 13.1 Å². The van der Waals surface area contributed by atoms with E-state index in [4.69, 9.17) is 0 Å². The van der Waals surface area contributed by atoms with Crippen LogP contribution in [0.4, 0.5) is 13.4 Å². The third-order valence-corrected chi connectivity index (χ3v) is 0.465. The molecule has 0 atom stereocenters. The predicted octanol–water partition coefficient (Wildman–Crippen LogP) is 1.15. The molecule has 5 heteroatoms. The molecule has 8 heavy (non-hydrogen) atoms. The number of rotatable bonds is 2. The summed E-state index contributed by atoms with van der Waals surface area (Å²) >= 11 is 0. The monoisotopic (exact) mass is 122 g/mol. The average molecular weight is 122 g/mol. The Morgan fingerprint density at radius 3 is 2.38 bits per heavy atom. The van der Waals surface area contributed by atoms with Gasteiger partial charge in [-0.15, -0.1) is 0 Å². The van der Waals surface area contributed by atoms with Crippen molar-refractivity contribution in [2.75, 3.05) is 6.61 Å². The SMILES string of the molecule is CCOC(=O)B(F)F. The van der Waals surface area contributed by atoms with Crippen LogP contribution in [-0.2, 0) is 4.74 Å². The van der Waals surface area contributed by atoms with E-state index in [1.54, 1.807) is 0 Å². The van der Waals surface area contributed by atoms with E-state index in [2.05, 4.69) is 4.74 Å². The lowest BCUT2D eigenvalue weighted by Gasteiger charge is -1.93. The molecule has 0 aromatic rings. The molecular weight excluding hydrogens is 117 g/mol. The van der Waals surface area contributed by atoms with Gasteiger partial charge in [0.15, 0.2) is 0 Å². The van der Waals surface area contributed by atoms with Gasteiger partial charge >= 0.3 is 13.1 Å². The predicted molar refractivity (Wildman–Crippen MR) is 25.0 cm³/mol. The summed E-state index contributed by atoms with van der Waals surface area (Å²) < 4.78 is 26.2. The summed E-state index contributed by atoms with van der Waals surface area (Å²) in [5, 5.41) is 0. The standard InChI is InChI=1S/C3H5BF2O2/c1-2-8-3(7)4(5)6/h2H2,1H3. The van der Waals surface area contributed by atoms with Crippen LogP contribution in [0.2, 0.25) is 0 Å². The Bertz CT molecular complexity index is 85.4. The van der Waals surface area contributed by atoms with Crippen molar-refractivity contribution in [3.8, 4) is 0 Å². The van der Waals surface area contributed by atoms with Crippen LogP contribution in [0.25, 0.3) is 0 Å². The fourth-order valence-electron chi connectivity index (χ4n) is 0.205. The van der Waals surface area contributed by atoms with E-state index in [1.807, 2.05) is 0 Å². The second-order valence-corrected chi connectivity index (χ2v) is 1.05. The maximum atomic E-state index is 11.1. The minimum absolute atomic E-state index is 0.00315. The molecule has 0 rings (SSSR count). The Morgan fingerprint density at radius 2 is 2.25 bits per heavy atom. The van der Waals surface area contributed by atoms with Crippen molar-refractivity contribution in [1.29, 1.82) is 0 Å². The molecule has 0 amide bonds. The van der Waals surface area contributed by atoms with Crippen LogP contribution in [0.3, 0.4) is 0 Å². The van der Waals surface area contributed by atoms with Crippen LogP contribution in [0.15, 0.2) is 0 Å². The molecule has 0 bridgehead atoms. The van der Waals surface area contributed by atoms with Gasteiger partial charge in [0.1, 0.15) is 0 Å². The van der Waals surface area contributed by atoms with Gasteiger partial charge in [0.25, 0.3) is 0 Å². The van der Waals surface area contributed by atoms with E-state index in [9.17, 15) is 13.4 Å². The molecule has 0 radical (unpaired) electrons. The summed E-state index contributed by atoms with van der Waals surface area (Å²) in [6.07, 6.45) is 0. The van der Waals surface area contributed by atoms with Crippen molar-refractivity contribution in [3.63, 3.8) is 0 Å². The van der Waals surface area contributed by atoms with Gasteiger partial charge in [0, 0.05) is 0 Å². The van der Waals surface area contributed by atoms with Crippen LogP contribution >= 0.6 is 0 Å². The molecule has 0 aliphatic carbocycles. The molecule has 0 aliphatic rings. The number of ether oxygens (including phenoxy) is 1. The quantitative estimate of drug-likeness (QED) is 0.513. The summed E-state index contributed by atoms with van der Waals surface area (Å²) in [5.74, 6) is -1.45. The van der Waals surface area contributed by atoms with Gasteiger partial charge in [-0.1, -0.05) is 0 Å². The summed E-state index contributed by atoms with van der Waals surface area (Å²) in [7, 11) is -2.99. The van der Waals surface area contributed by atoms with E-state index in [0.29, 0.717) is 0 Å². The molecule has 0 aromatic carbocycles. The molecule has 0 aliphatic heterocycles. The zero-order valence-electron chi connectivity index (χ0n) is 4.36. The highest BCUT2D eigenvalue weighted by Gasteiger charge is 2.26. The number of halogens is 2. The van der Waals surface area contributed by atoms with Crippen LogP contribution < -0.4 is 0 Å². The van der Waals surface area contributed by atoms with Crippen molar-refractivity contribution in [2.45, 2.75) is 6.92 Å². The number of hydrogen-bond donors (Lipinski definition) is 0. The van der Waals surface area contributed by atoms with E-state index >= 15 is 0 Å². The lowest BCUT2D eigenvalue weighted by atomic mass is 10.0. The Labute approximate surface area is 46.0 Å². The summed E-state index contributed by atoms with van der Waals surface area (Å²) in [5.41, 5.74) is 0. The highest BCUT2D eigenvalue weighted by atomic mass is 19.2. The lowest BCUT2D eigenvalue weighted by molar-refractivity contribution is 0.173. The Balaban J connectivity index is 3.33. The minimum Gasteiger partial charge on any atom is -0.468 e. The molecule has 0 spiro atoms. The smallest absolute Gasteiger partial charge is 0.468 e.